The SMILES string of the molecule is C[NH+](Cc1ccccc1)Cn1nc(-c2ccc(F)cc2)oc1=S. The molecule has 0 saturated carbocycles. The first-order valence-corrected chi connectivity index (χ1v) is 7.72. The van der Waals surface area contributed by atoms with E-state index in [0.29, 0.717) is 23.0 Å². The smallest absolute Gasteiger partial charge is 0.292 e. The molecular formula is C17H17FN3OS+. The normalized spacial score (nSPS) is 12.3. The molecule has 0 fully saturated rings. The van der Waals surface area contributed by atoms with Crippen molar-refractivity contribution in [3.05, 3.63) is 70.8 Å². The maximum atomic E-state index is 13.0. The Morgan fingerprint density at radius 1 is 1.13 bits per heavy atom. The summed E-state index contributed by atoms with van der Waals surface area (Å²) in [6.45, 7) is 1.46. The first-order chi connectivity index (χ1) is 11.1. The Kier molecular flexibility index (Phi) is 4.64. The standard InChI is InChI=1S/C17H16FN3OS/c1-20(11-13-5-3-2-4-6-13)12-21-17(23)22-16(19-21)14-7-9-15(18)10-8-14/h2-10H,11-12H2,1H3/p+1. The lowest BCUT2D eigenvalue weighted by molar-refractivity contribution is -0.917. The Morgan fingerprint density at radius 2 is 1.83 bits per heavy atom. The molecule has 3 rings (SSSR count). The summed E-state index contributed by atoms with van der Waals surface area (Å²) in [7, 11) is 2.07. The Bertz CT molecular complexity index is 827. The van der Waals surface area contributed by atoms with Crippen LogP contribution in [-0.4, -0.2) is 16.8 Å². The van der Waals surface area contributed by atoms with Crippen LogP contribution in [0.3, 0.4) is 0 Å². The van der Waals surface area contributed by atoms with E-state index in [1.807, 2.05) is 18.2 Å². The number of nitrogens with one attached hydrogen (secondary N) is 1. The molecule has 1 unspecified atom stereocenters. The van der Waals surface area contributed by atoms with Gasteiger partial charge in [0.25, 0.3) is 4.84 Å². The van der Waals surface area contributed by atoms with Gasteiger partial charge in [0.1, 0.15) is 12.4 Å². The molecule has 0 aliphatic carbocycles. The van der Waals surface area contributed by atoms with Gasteiger partial charge in [0.15, 0.2) is 6.67 Å². The molecule has 6 heteroatoms. The third-order valence-electron chi connectivity index (χ3n) is 3.47. The fourth-order valence-corrected chi connectivity index (χ4v) is 2.56. The van der Waals surface area contributed by atoms with Crippen LogP contribution in [0.25, 0.3) is 11.5 Å². The van der Waals surface area contributed by atoms with E-state index < -0.39 is 0 Å². The fourth-order valence-electron chi connectivity index (χ4n) is 2.37. The molecule has 0 bridgehead atoms. The second-order valence-corrected chi connectivity index (χ2v) is 5.81. The lowest BCUT2D eigenvalue weighted by Crippen LogP contribution is -3.07. The van der Waals surface area contributed by atoms with Gasteiger partial charge in [-0.2, -0.15) is 4.68 Å². The lowest BCUT2D eigenvalue weighted by atomic mass is 10.2. The van der Waals surface area contributed by atoms with E-state index >= 15 is 0 Å². The minimum Gasteiger partial charge on any atom is -0.409 e. The van der Waals surface area contributed by atoms with E-state index in [1.165, 1.54) is 22.6 Å². The van der Waals surface area contributed by atoms with Crippen LogP contribution in [0.5, 0.6) is 0 Å². The van der Waals surface area contributed by atoms with Crippen molar-refractivity contribution in [2.45, 2.75) is 13.2 Å². The van der Waals surface area contributed by atoms with Gasteiger partial charge in [0.2, 0.25) is 5.89 Å². The highest BCUT2D eigenvalue weighted by Crippen LogP contribution is 2.17. The molecule has 0 aliphatic heterocycles. The molecule has 2 aromatic carbocycles. The van der Waals surface area contributed by atoms with Crippen molar-refractivity contribution in [2.75, 3.05) is 7.05 Å². The molecular weight excluding hydrogens is 313 g/mol. The highest BCUT2D eigenvalue weighted by molar-refractivity contribution is 7.71. The number of quaternary nitrogens is 1. The first kappa shape index (κ1) is 15.6. The van der Waals surface area contributed by atoms with Crippen molar-refractivity contribution < 1.29 is 13.7 Å². The maximum Gasteiger partial charge on any atom is 0.292 e. The molecule has 1 heterocycles. The van der Waals surface area contributed by atoms with E-state index in [9.17, 15) is 4.39 Å². The largest absolute Gasteiger partial charge is 0.409 e. The topological polar surface area (TPSA) is 35.4 Å². The maximum absolute atomic E-state index is 13.0. The van der Waals surface area contributed by atoms with E-state index in [1.54, 1.807) is 16.8 Å². The van der Waals surface area contributed by atoms with Gasteiger partial charge in [-0.3, -0.25) is 0 Å². The molecule has 1 N–H and O–H groups in total. The van der Waals surface area contributed by atoms with Crippen molar-refractivity contribution in [3.63, 3.8) is 0 Å². The Morgan fingerprint density at radius 3 is 2.52 bits per heavy atom. The monoisotopic (exact) mass is 330 g/mol. The summed E-state index contributed by atoms with van der Waals surface area (Å²) in [5.41, 5.74) is 1.95. The van der Waals surface area contributed by atoms with E-state index in [0.717, 1.165) is 6.54 Å². The van der Waals surface area contributed by atoms with Crippen LogP contribution < -0.4 is 4.90 Å². The second kappa shape index (κ2) is 6.85. The molecule has 23 heavy (non-hydrogen) atoms. The predicted molar refractivity (Wildman–Crippen MR) is 87.8 cm³/mol. The van der Waals surface area contributed by atoms with Crippen LogP contribution in [-0.2, 0) is 13.2 Å². The van der Waals surface area contributed by atoms with Crippen molar-refractivity contribution in [2.24, 2.45) is 0 Å². The average Bonchev–Trinajstić information content (AvgIpc) is 2.90. The zero-order valence-electron chi connectivity index (χ0n) is 12.7. The molecule has 4 nitrogen and oxygen atoms in total. The van der Waals surface area contributed by atoms with Gasteiger partial charge in [-0.15, -0.1) is 5.10 Å². The van der Waals surface area contributed by atoms with Gasteiger partial charge in [0.05, 0.1) is 7.05 Å². The number of aromatic nitrogens is 2. The number of halogens is 1. The molecule has 0 aliphatic rings. The first-order valence-electron chi connectivity index (χ1n) is 7.31. The molecule has 1 atom stereocenters. The summed E-state index contributed by atoms with van der Waals surface area (Å²) in [5.74, 6) is 0.112. The fraction of sp³-hybridized carbons (Fsp3) is 0.176. The molecule has 1 aromatic heterocycles. The molecule has 118 valence electrons. The van der Waals surface area contributed by atoms with Crippen LogP contribution >= 0.6 is 12.2 Å². The zero-order valence-corrected chi connectivity index (χ0v) is 13.5. The summed E-state index contributed by atoms with van der Waals surface area (Å²) >= 11 is 5.23. The van der Waals surface area contributed by atoms with Gasteiger partial charge in [0, 0.05) is 11.1 Å². The number of nitrogens with zero attached hydrogens (tertiary/aromatic N) is 2. The summed E-state index contributed by atoms with van der Waals surface area (Å²) < 4.78 is 20.2. The minimum absolute atomic E-state index is 0.293. The highest BCUT2D eigenvalue weighted by Gasteiger charge is 2.12. The third kappa shape index (κ3) is 3.91. The summed E-state index contributed by atoms with van der Waals surface area (Å²) in [5, 5.41) is 4.39. The van der Waals surface area contributed by atoms with Gasteiger partial charge in [-0.1, -0.05) is 30.3 Å². The van der Waals surface area contributed by atoms with Gasteiger partial charge in [-0.25, -0.2) is 4.39 Å². The van der Waals surface area contributed by atoms with Gasteiger partial charge in [-0.05, 0) is 36.5 Å². The van der Waals surface area contributed by atoms with Crippen molar-refractivity contribution in [1.29, 1.82) is 0 Å². The van der Waals surface area contributed by atoms with E-state index in [-0.39, 0.29) is 5.82 Å². The number of hydrogen-bond donors (Lipinski definition) is 1. The van der Waals surface area contributed by atoms with Gasteiger partial charge >= 0.3 is 0 Å². The van der Waals surface area contributed by atoms with Crippen LogP contribution in [0, 0.1) is 10.7 Å². The van der Waals surface area contributed by atoms with Gasteiger partial charge < -0.3 is 9.32 Å². The molecule has 0 radical (unpaired) electrons. The van der Waals surface area contributed by atoms with Crippen LogP contribution in [0.4, 0.5) is 4.39 Å². The molecule has 3 aromatic rings. The quantitative estimate of drug-likeness (QED) is 0.731. The third-order valence-corrected chi connectivity index (χ3v) is 3.76. The summed E-state index contributed by atoms with van der Waals surface area (Å²) in [4.78, 5) is 1.54. The van der Waals surface area contributed by atoms with Crippen LogP contribution in [0.15, 0.2) is 59.0 Å². The van der Waals surface area contributed by atoms with E-state index in [4.69, 9.17) is 16.6 Å². The Hall–Kier alpha value is -2.31. The zero-order chi connectivity index (χ0) is 16.2. The predicted octanol–water partition coefficient (Wildman–Crippen LogP) is 2.68. The summed E-state index contributed by atoms with van der Waals surface area (Å²) in [6.07, 6.45) is 0. The Labute approximate surface area is 138 Å². The van der Waals surface area contributed by atoms with Crippen molar-refractivity contribution >= 4 is 12.2 Å². The second-order valence-electron chi connectivity index (χ2n) is 5.46. The number of hydrogen-bond acceptors (Lipinski definition) is 3. The van der Waals surface area contributed by atoms with Crippen molar-refractivity contribution in [3.8, 4) is 11.5 Å². The van der Waals surface area contributed by atoms with Crippen molar-refractivity contribution in [1.82, 2.24) is 9.78 Å². The lowest BCUT2D eigenvalue weighted by Gasteiger charge is -2.13. The van der Waals surface area contributed by atoms with Crippen LogP contribution in [0.2, 0.25) is 0 Å². The Balaban J connectivity index is 1.73. The van der Waals surface area contributed by atoms with E-state index in [2.05, 4.69) is 24.3 Å². The number of benzene rings is 2. The molecule has 0 saturated heterocycles. The molecule has 0 amide bonds. The average molecular weight is 330 g/mol. The van der Waals surface area contributed by atoms with Crippen LogP contribution in [0.1, 0.15) is 5.56 Å². The minimum atomic E-state index is -0.293. The summed E-state index contributed by atoms with van der Waals surface area (Å²) in [6, 6.07) is 16.2. The number of rotatable bonds is 5. The molecule has 0 spiro atoms. The highest BCUT2D eigenvalue weighted by atomic mass is 32.1.